The van der Waals surface area contributed by atoms with Crippen molar-refractivity contribution in [3.05, 3.63) is 53.5 Å². The molecule has 0 atom stereocenters. The van der Waals surface area contributed by atoms with E-state index in [9.17, 15) is 0 Å². The SMILES string of the molecule is c1coc(CCNCc2ccc3c(c2)CCO3)c1. The van der Waals surface area contributed by atoms with Gasteiger partial charge < -0.3 is 14.5 Å². The largest absolute Gasteiger partial charge is 0.493 e. The molecule has 1 aromatic heterocycles. The molecule has 94 valence electrons. The Kier molecular flexibility index (Phi) is 3.33. The van der Waals surface area contributed by atoms with Gasteiger partial charge in [-0.25, -0.2) is 0 Å². The quantitative estimate of drug-likeness (QED) is 0.819. The molecule has 0 bridgehead atoms. The van der Waals surface area contributed by atoms with Gasteiger partial charge in [0.2, 0.25) is 0 Å². The zero-order valence-electron chi connectivity index (χ0n) is 10.3. The molecule has 0 amide bonds. The molecule has 2 heterocycles. The molecule has 3 nitrogen and oxygen atoms in total. The monoisotopic (exact) mass is 243 g/mol. The molecule has 18 heavy (non-hydrogen) atoms. The molecular formula is C15H17NO2. The van der Waals surface area contributed by atoms with Crippen LogP contribution in [0.5, 0.6) is 5.75 Å². The molecule has 0 saturated heterocycles. The summed E-state index contributed by atoms with van der Waals surface area (Å²) in [6.07, 6.45) is 3.69. The number of ether oxygens (including phenoxy) is 1. The molecule has 1 aromatic carbocycles. The summed E-state index contributed by atoms with van der Waals surface area (Å²) in [6.45, 7) is 2.65. The zero-order chi connectivity index (χ0) is 12.2. The highest BCUT2D eigenvalue weighted by atomic mass is 16.5. The summed E-state index contributed by atoms with van der Waals surface area (Å²) in [7, 11) is 0. The van der Waals surface area contributed by atoms with Crippen LogP contribution < -0.4 is 10.1 Å². The highest BCUT2D eigenvalue weighted by Crippen LogP contribution is 2.25. The van der Waals surface area contributed by atoms with Crippen LogP contribution >= 0.6 is 0 Å². The lowest BCUT2D eigenvalue weighted by Crippen LogP contribution is -2.16. The molecule has 1 N–H and O–H groups in total. The van der Waals surface area contributed by atoms with Gasteiger partial charge in [-0.2, -0.15) is 0 Å². The third-order valence-electron chi connectivity index (χ3n) is 3.21. The van der Waals surface area contributed by atoms with E-state index in [0.717, 1.165) is 44.0 Å². The van der Waals surface area contributed by atoms with Gasteiger partial charge in [0.1, 0.15) is 11.5 Å². The number of nitrogens with one attached hydrogen (secondary N) is 1. The van der Waals surface area contributed by atoms with Crippen molar-refractivity contribution in [3.8, 4) is 5.75 Å². The smallest absolute Gasteiger partial charge is 0.122 e. The topological polar surface area (TPSA) is 34.4 Å². The van der Waals surface area contributed by atoms with Crippen LogP contribution in [0.2, 0.25) is 0 Å². The Hall–Kier alpha value is -1.74. The molecule has 0 fully saturated rings. The van der Waals surface area contributed by atoms with Crippen molar-refractivity contribution in [2.75, 3.05) is 13.2 Å². The summed E-state index contributed by atoms with van der Waals surface area (Å²) in [5.41, 5.74) is 2.65. The fourth-order valence-corrected chi connectivity index (χ4v) is 2.25. The lowest BCUT2D eigenvalue weighted by atomic mass is 10.1. The van der Waals surface area contributed by atoms with Crippen molar-refractivity contribution < 1.29 is 9.15 Å². The minimum Gasteiger partial charge on any atom is -0.493 e. The minimum atomic E-state index is 0.824. The van der Waals surface area contributed by atoms with Crippen LogP contribution in [-0.2, 0) is 19.4 Å². The average Bonchev–Trinajstić information content (AvgIpc) is 3.05. The highest BCUT2D eigenvalue weighted by Gasteiger charge is 2.11. The van der Waals surface area contributed by atoms with Crippen molar-refractivity contribution in [1.82, 2.24) is 5.32 Å². The van der Waals surface area contributed by atoms with Crippen LogP contribution in [0.1, 0.15) is 16.9 Å². The number of rotatable bonds is 5. The maximum Gasteiger partial charge on any atom is 0.122 e. The first kappa shape index (κ1) is 11.4. The van der Waals surface area contributed by atoms with Gasteiger partial charge in [-0.05, 0) is 29.3 Å². The minimum absolute atomic E-state index is 0.824. The van der Waals surface area contributed by atoms with Gasteiger partial charge in [0.25, 0.3) is 0 Å². The molecule has 0 saturated carbocycles. The summed E-state index contributed by atoms with van der Waals surface area (Å²) < 4.78 is 10.8. The molecule has 1 aliphatic heterocycles. The van der Waals surface area contributed by atoms with Crippen LogP contribution in [-0.4, -0.2) is 13.2 Å². The Morgan fingerprint density at radius 3 is 3.11 bits per heavy atom. The van der Waals surface area contributed by atoms with Crippen molar-refractivity contribution in [3.63, 3.8) is 0 Å². The Morgan fingerprint density at radius 2 is 2.22 bits per heavy atom. The lowest BCUT2D eigenvalue weighted by Gasteiger charge is -2.05. The summed E-state index contributed by atoms with van der Waals surface area (Å²) in [5, 5.41) is 3.43. The Labute approximate surface area is 107 Å². The van der Waals surface area contributed by atoms with Gasteiger partial charge in [-0.15, -0.1) is 0 Å². The Bertz CT molecular complexity index is 505. The van der Waals surface area contributed by atoms with E-state index in [1.165, 1.54) is 11.1 Å². The number of benzene rings is 1. The molecule has 0 aliphatic carbocycles. The summed E-state index contributed by atoms with van der Waals surface area (Å²) in [5.74, 6) is 2.08. The van der Waals surface area contributed by atoms with E-state index in [1.54, 1.807) is 6.26 Å². The van der Waals surface area contributed by atoms with Gasteiger partial charge in [-0.1, -0.05) is 12.1 Å². The van der Waals surface area contributed by atoms with Gasteiger partial charge in [-0.3, -0.25) is 0 Å². The number of fused-ring (bicyclic) bond motifs is 1. The van der Waals surface area contributed by atoms with Gasteiger partial charge in [0, 0.05) is 25.9 Å². The van der Waals surface area contributed by atoms with Crippen molar-refractivity contribution in [2.24, 2.45) is 0 Å². The van der Waals surface area contributed by atoms with Gasteiger partial charge in [0.05, 0.1) is 12.9 Å². The molecule has 2 aromatic rings. The fraction of sp³-hybridized carbons (Fsp3) is 0.333. The van der Waals surface area contributed by atoms with E-state index in [2.05, 4.69) is 23.5 Å². The van der Waals surface area contributed by atoms with E-state index in [1.807, 2.05) is 12.1 Å². The summed E-state index contributed by atoms with van der Waals surface area (Å²) in [6, 6.07) is 10.4. The summed E-state index contributed by atoms with van der Waals surface area (Å²) >= 11 is 0. The number of hydrogen-bond acceptors (Lipinski definition) is 3. The van der Waals surface area contributed by atoms with Crippen LogP contribution in [0.15, 0.2) is 41.0 Å². The number of hydrogen-bond donors (Lipinski definition) is 1. The predicted octanol–water partition coefficient (Wildman–Crippen LogP) is 2.55. The lowest BCUT2D eigenvalue weighted by molar-refractivity contribution is 0.357. The van der Waals surface area contributed by atoms with Crippen LogP contribution in [0.25, 0.3) is 0 Å². The van der Waals surface area contributed by atoms with Crippen LogP contribution in [0, 0.1) is 0 Å². The van der Waals surface area contributed by atoms with Crippen molar-refractivity contribution in [1.29, 1.82) is 0 Å². The first-order valence-corrected chi connectivity index (χ1v) is 6.39. The zero-order valence-corrected chi connectivity index (χ0v) is 10.3. The Balaban J connectivity index is 1.48. The molecule has 0 unspecified atom stereocenters. The molecule has 3 rings (SSSR count). The second-order valence-electron chi connectivity index (χ2n) is 4.55. The standard InChI is InChI=1S/C15H17NO2/c1-2-14(17-8-1)5-7-16-11-12-3-4-15-13(10-12)6-9-18-15/h1-4,8,10,16H,5-7,9,11H2. The van der Waals surface area contributed by atoms with E-state index in [0.29, 0.717) is 0 Å². The summed E-state index contributed by atoms with van der Waals surface area (Å²) in [4.78, 5) is 0. The van der Waals surface area contributed by atoms with Crippen LogP contribution in [0.3, 0.4) is 0 Å². The van der Waals surface area contributed by atoms with E-state index in [4.69, 9.17) is 9.15 Å². The molecule has 0 radical (unpaired) electrons. The second-order valence-corrected chi connectivity index (χ2v) is 4.55. The second kappa shape index (κ2) is 5.27. The van der Waals surface area contributed by atoms with Gasteiger partial charge in [0.15, 0.2) is 0 Å². The first-order valence-electron chi connectivity index (χ1n) is 6.39. The average molecular weight is 243 g/mol. The van der Waals surface area contributed by atoms with Crippen molar-refractivity contribution in [2.45, 2.75) is 19.4 Å². The van der Waals surface area contributed by atoms with Gasteiger partial charge >= 0.3 is 0 Å². The Morgan fingerprint density at radius 1 is 1.22 bits per heavy atom. The molecular weight excluding hydrogens is 226 g/mol. The maximum absolute atomic E-state index is 5.50. The molecule has 1 aliphatic rings. The molecule has 3 heteroatoms. The normalized spacial score (nSPS) is 13.3. The third kappa shape index (κ3) is 2.57. The van der Waals surface area contributed by atoms with E-state index in [-0.39, 0.29) is 0 Å². The predicted molar refractivity (Wildman–Crippen MR) is 69.8 cm³/mol. The number of furan rings is 1. The van der Waals surface area contributed by atoms with Crippen molar-refractivity contribution >= 4 is 0 Å². The third-order valence-corrected chi connectivity index (χ3v) is 3.21. The van der Waals surface area contributed by atoms with Crippen LogP contribution in [0.4, 0.5) is 0 Å². The first-order chi connectivity index (χ1) is 8.92. The van der Waals surface area contributed by atoms with E-state index < -0.39 is 0 Å². The molecule has 0 spiro atoms. The fourth-order valence-electron chi connectivity index (χ4n) is 2.25. The van der Waals surface area contributed by atoms with E-state index >= 15 is 0 Å². The highest BCUT2D eigenvalue weighted by molar-refractivity contribution is 5.39. The maximum atomic E-state index is 5.50.